The lowest BCUT2D eigenvalue weighted by Crippen LogP contribution is -2.55. The number of benzene rings is 2. The molecule has 3 atom stereocenters. The molecule has 4 bridgehead atoms. The molecular weight excluding hydrogens is 532 g/mol. The molecule has 2 unspecified atom stereocenters. The van der Waals surface area contributed by atoms with E-state index in [0.717, 1.165) is 0 Å². The second-order valence-corrected chi connectivity index (χ2v) is 9.27. The average molecular weight is 565 g/mol. The zero-order valence-electron chi connectivity index (χ0n) is 23.1. The predicted molar refractivity (Wildman–Crippen MR) is 146 cm³/mol. The number of likely N-dealkylation sites (N-methyl/N-ethyl adjacent to an activating group) is 1. The third-order valence-electron chi connectivity index (χ3n) is 6.63. The maximum Gasteiger partial charge on any atom is 0.248 e. The number of methoxy groups -OCH3 is 2. The van der Waals surface area contributed by atoms with Gasteiger partial charge in [0.15, 0.2) is 0 Å². The molecule has 0 fully saturated rings. The molecule has 0 aromatic heterocycles. The summed E-state index contributed by atoms with van der Waals surface area (Å²) in [5.74, 6) is -1.52. The summed E-state index contributed by atoms with van der Waals surface area (Å²) in [6, 6.07) is 8.68. The lowest BCUT2D eigenvalue weighted by atomic mass is 9.93. The molecule has 41 heavy (non-hydrogen) atoms. The van der Waals surface area contributed by atoms with Gasteiger partial charge in [-0.1, -0.05) is 12.1 Å². The topological polar surface area (TPSA) is 179 Å². The van der Waals surface area contributed by atoms with E-state index in [1.54, 1.807) is 36.4 Å². The lowest BCUT2D eigenvalue weighted by molar-refractivity contribution is -0.140. The van der Waals surface area contributed by atoms with E-state index in [1.807, 2.05) is 6.07 Å². The van der Waals surface area contributed by atoms with Crippen LogP contribution in [0.25, 0.3) is 11.1 Å². The van der Waals surface area contributed by atoms with Gasteiger partial charge in [0.05, 0.1) is 26.8 Å². The van der Waals surface area contributed by atoms with Crippen molar-refractivity contribution in [1.82, 2.24) is 26.2 Å². The minimum absolute atomic E-state index is 0.0757. The van der Waals surface area contributed by atoms with E-state index in [-0.39, 0.29) is 19.5 Å². The molecular formula is C28H32N6O7. The number of nitrogens with zero attached hydrogens (tertiary/aromatic N) is 2. The molecule has 13 nitrogen and oxygen atoms in total. The Balaban J connectivity index is 2.24. The van der Waals surface area contributed by atoms with Crippen molar-refractivity contribution in [2.45, 2.75) is 31.5 Å². The van der Waals surface area contributed by atoms with Gasteiger partial charge < -0.3 is 35.6 Å². The fourth-order valence-electron chi connectivity index (χ4n) is 4.50. The van der Waals surface area contributed by atoms with Crippen LogP contribution in [0.3, 0.4) is 0 Å². The third-order valence-corrected chi connectivity index (χ3v) is 6.63. The van der Waals surface area contributed by atoms with E-state index >= 15 is 0 Å². The van der Waals surface area contributed by atoms with Crippen molar-refractivity contribution in [2.75, 3.05) is 34.4 Å². The van der Waals surface area contributed by atoms with Crippen LogP contribution in [0.2, 0.25) is 0 Å². The number of fused-ring (bicyclic) bond motifs is 5. The zero-order chi connectivity index (χ0) is 30.1. The van der Waals surface area contributed by atoms with Crippen LogP contribution in [0.1, 0.15) is 24.1 Å². The monoisotopic (exact) mass is 564 g/mol. The van der Waals surface area contributed by atoms with Crippen molar-refractivity contribution in [1.29, 1.82) is 5.26 Å². The minimum atomic E-state index is -1.21. The highest BCUT2D eigenvalue weighted by Crippen LogP contribution is 2.39. The Morgan fingerprint density at radius 1 is 1.07 bits per heavy atom. The van der Waals surface area contributed by atoms with Crippen molar-refractivity contribution < 1.29 is 33.4 Å². The molecule has 2 aromatic rings. The van der Waals surface area contributed by atoms with E-state index in [1.165, 1.54) is 33.1 Å². The molecule has 1 aliphatic heterocycles. The summed E-state index contributed by atoms with van der Waals surface area (Å²) in [4.78, 5) is 64.5. The standard InChI is InChI=1S/C28H32N6O7/c1-16-26(37)33-21(27(38)31-10-9-29)12-17-5-7-22(40-3)19(11-17)20-13-18(6-8-23(20)41-4)25(28(39)32-16)34(2)24(36)14-30-15-35/h5-8,11,13,15-16,21,25H,10,12,14H2,1-4H3,(H,30,35)(H,31,38)(H,32,39)(H,33,37)/t16-,21?,25?/m0/s1. The van der Waals surface area contributed by atoms with Crippen LogP contribution >= 0.6 is 0 Å². The average Bonchev–Trinajstić information content (AvgIpc) is 2.97. The van der Waals surface area contributed by atoms with Gasteiger partial charge >= 0.3 is 0 Å². The Morgan fingerprint density at radius 3 is 2.37 bits per heavy atom. The Kier molecular flexibility index (Phi) is 10.2. The number of amides is 5. The van der Waals surface area contributed by atoms with Gasteiger partial charge in [0.2, 0.25) is 30.0 Å². The van der Waals surface area contributed by atoms with Gasteiger partial charge in [-0.25, -0.2) is 0 Å². The number of rotatable bonds is 8. The van der Waals surface area contributed by atoms with Crippen LogP contribution in [0.4, 0.5) is 0 Å². The van der Waals surface area contributed by atoms with Gasteiger partial charge in [-0.15, -0.1) is 0 Å². The highest BCUT2D eigenvalue weighted by Gasteiger charge is 2.33. The third kappa shape index (κ3) is 7.10. The number of carbonyl (C=O) groups excluding carboxylic acids is 5. The predicted octanol–water partition coefficient (Wildman–Crippen LogP) is -0.198. The smallest absolute Gasteiger partial charge is 0.248 e. The van der Waals surface area contributed by atoms with Crippen LogP contribution in [0.5, 0.6) is 11.5 Å². The fraction of sp³-hybridized carbons (Fsp3) is 0.357. The Labute approximate surface area is 237 Å². The zero-order valence-corrected chi connectivity index (χ0v) is 23.1. The first kappa shape index (κ1) is 30.4. The molecule has 13 heteroatoms. The molecule has 0 saturated heterocycles. The first-order chi connectivity index (χ1) is 19.6. The molecule has 0 saturated carbocycles. The maximum atomic E-state index is 13.6. The van der Waals surface area contributed by atoms with Crippen molar-refractivity contribution >= 4 is 30.0 Å². The molecule has 216 valence electrons. The summed E-state index contributed by atoms with van der Waals surface area (Å²) < 4.78 is 11.2. The molecule has 4 N–H and O–H groups in total. The van der Waals surface area contributed by atoms with E-state index in [0.29, 0.717) is 40.2 Å². The van der Waals surface area contributed by atoms with E-state index in [9.17, 15) is 24.0 Å². The quantitative estimate of drug-likeness (QED) is 0.251. The van der Waals surface area contributed by atoms with Gasteiger partial charge in [-0.05, 0) is 42.3 Å². The number of hydrogen-bond acceptors (Lipinski definition) is 8. The molecule has 5 amide bonds. The summed E-state index contributed by atoms with van der Waals surface area (Å²) in [5.41, 5.74) is 2.20. The highest BCUT2D eigenvalue weighted by molar-refractivity contribution is 5.95. The normalized spacial score (nSPS) is 18.4. The van der Waals surface area contributed by atoms with Crippen LogP contribution in [0.15, 0.2) is 36.4 Å². The minimum Gasteiger partial charge on any atom is -0.496 e. The second-order valence-electron chi connectivity index (χ2n) is 9.27. The lowest BCUT2D eigenvalue weighted by Gasteiger charge is -2.30. The van der Waals surface area contributed by atoms with Gasteiger partial charge in [-0.3, -0.25) is 24.0 Å². The summed E-state index contributed by atoms with van der Waals surface area (Å²) >= 11 is 0. The first-order valence-electron chi connectivity index (χ1n) is 12.7. The van der Waals surface area contributed by atoms with Gasteiger partial charge in [0.25, 0.3) is 0 Å². The summed E-state index contributed by atoms with van der Waals surface area (Å²) in [6.07, 6.45) is 0.450. The van der Waals surface area contributed by atoms with Crippen LogP contribution in [-0.2, 0) is 30.4 Å². The van der Waals surface area contributed by atoms with Gasteiger partial charge in [0, 0.05) is 24.6 Å². The summed E-state index contributed by atoms with van der Waals surface area (Å²) in [6.45, 7) is 0.843. The Morgan fingerprint density at radius 2 is 1.73 bits per heavy atom. The molecule has 2 aromatic carbocycles. The van der Waals surface area contributed by atoms with Crippen molar-refractivity contribution in [2.24, 2.45) is 0 Å². The molecule has 0 aliphatic carbocycles. The number of hydrogen-bond donors (Lipinski definition) is 4. The second kappa shape index (κ2) is 13.8. The SMILES string of the molecule is COc1ccc2cc1-c1cc(ccc1OC)C(N(C)C(=O)CNC=O)C(=O)N[C@@H](C)C(=O)NC(C(=O)NCC#N)C2. The number of nitriles is 1. The molecule has 1 aliphatic rings. The molecule has 0 spiro atoms. The largest absolute Gasteiger partial charge is 0.496 e. The number of ether oxygens (including phenoxy) is 2. The highest BCUT2D eigenvalue weighted by atomic mass is 16.5. The van der Waals surface area contributed by atoms with Crippen LogP contribution < -0.4 is 30.7 Å². The molecule has 0 radical (unpaired) electrons. The van der Waals surface area contributed by atoms with E-state index in [4.69, 9.17) is 14.7 Å². The van der Waals surface area contributed by atoms with E-state index in [2.05, 4.69) is 21.3 Å². The van der Waals surface area contributed by atoms with Gasteiger partial charge in [-0.2, -0.15) is 5.26 Å². The van der Waals surface area contributed by atoms with Crippen molar-refractivity contribution in [3.63, 3.8) is 0 Å². The van der Waals surface area contributed by atoms with Crippen LogP contribution in [0, 0.1) is 11.3 Å². The Bertz CT molecular complexity index is 1370. The first-order valence-corrected chi connectivity index (χ1v) is 12.7. The van der Waals surface area contributed by atoms with Crippen molar-refractivity contribution in [3.8, 4) is 28.7 Å². The number of carbonyl (C=O) groups is 5. The Hall–Kier alpha value is -5.12. The molecule has 3 rings (SSSR count). The molecule has 1 heterocycles. The fourth-order valence-corrected chi connectivity index (χ4v) is 4.50. The maximum absolute atomic E-state index is 13.6. The summed E-state index contributed by atoms with van der Waals surface area (Å²) in [5, 5.41) is 18.9. The summed E-state index contributed by atoms with van der Waals surface area (Å²) in [7, 11) is 4.40. The number of nitrogens with one attached hydrogen (secondary N) is 4. The van der Waals surface area contributed by atoms with E-state index < -0.39 is 41.8 Å². The van der Waals surface area contributed by atoms with Crippen molar-refractivity contribution in [3.05, 3.63) is 47.5 Å². The van der Waals surface area contributed by atoms with Gasteiger partial charge in [0.1, 0.15) is 36.2 Å². The van der Waals surface area contributed by atoms with Crippen LogP contribution in [-0.4, -0.2) is 81.4 Å².